The minimum atomic E-state index is -1.10. The number of hydrogen-bond donors (Lipinski definition) is 1. The summed E-state index contributed by atoms with van der Waals surface area (Å²) in [6.07, 6.45) is 1.44. The Labute approximate surface area is 163 Å². The first-order chi connectivity index (χ1) is 13.3. The molecule has 0 bridgehead atoms. The van der Waals surface area contributed by atoms with Crippen molar-refractivity contribution in [1.82, 2.24) is 19.5 Å². The maximum absolute atomic E-state index is 12.9. The molecular weight excluding hydrogens is 356 g/mol. The Morgan fingerprint density at radius 1 is 1.14 bits per heavy atom. The van der Waals surface area contributed by atoms with Crippen molar-refractivity contribution in [2.45, 2.75) is 33.6 Å². The minimum Gasteiger partial charge on any atom is -0.477 e. The molecule has 7 nitrogen and oxygen atoms in total. The summed E-state index contributed by atoms with van der Waals surface area (Å²) in [7, 11) is 3.34. The van der Waals surface area contributed by atoms with Gasteiger partial charge in [-0.2, -0.15) is 5.10 Å². The Bertz CT molecular complexity index is 1060. The molecule has 0 saturated carbocycles. The summed E-state index contributed by atoms with van der Waals surface area (Å²) in [5, 5.41) is 14.1. The molecule has 146 valence electrons. The van der Waals surface area contributed by atoms with Gasteiger partial charge in [0.1, 0.15) is 0 Å². The Kier molecular flexibility index (Phi) is 5.18. The van der Waals surface area contributed by atoms with Gasteiger partial charge in [0.25, 0.3) is 5.91 Å². The minimum absolute atomic E-state index is 0.0489. The number of fused-ring (bicyclic) bond motifs is 1. The summed E-state index contributed by atoms with van der Waals surface area (Å²) >= 11 is 0. The van der Waals surface area contributed by atoms with Crippen LogP contribution in [0.4, 0.5) is 0 Å². The van der Waals surface area contributed by atoms with Crippen LogP contribution in [0.3, 0.4) is 0 Å². The molecule has 1 aromatic carbocycles. The van der Waals surface area contributed by atoms with Crippen LogP contribution in [-0.2, 0) is 6.42 Å². The normalized spacial score (nSPS) is 11.0. The van der Waals surface area contributed by atoms with Gasteiger partial charge in [-0.1, -0.05) is 31.5 Å². The fourth-order valence-corrected chi connectivity index (χ4v) is 3.42. The summed E-state index contributed by atoms with van der Waals surface area (Å²) in [6.45, 7) is 5.93. The maximum atomic E-state index is 12.9. The number of aromatic nitrogens is 3. The molecule has 0 aliphatic rings. The lowest BCUT2D eigenvalue weighted by molar-refractivity contribution is 0.0690. The van der Waals surface area contributed by atoms with Crippen molar-refractivity contribution < 1.29 is 14.7 Å². The smallest absolute Gasteiger partial charge is 0.354 e. The molecule has 1 amide bonds. The van der Waals surface area contributed by atoms with Crippen LogP contribution >= 0.6 is 0 Å². The lowest BCUT2D eigenvalue weighted by atomic mass is 9.95. The van der Waals surface area contributed by atoms with Crippen LogP contribution < -0.4 is 0 Å². The number of aromatic carboxylic acids is 1. The predicted molar refractivity (Wildman–Crippen MR) is 107 cm³/mol. The van der Waals surface area contributed by atoms with Crippen LogP contribution in [0.25, 0.3) is 16.8 Å². The molecule has 1 N–H and O–H groups in total. The molecule has 0 atom stereocenters. The summed E-state index contributed by atoms with van der Waals surface area (Å²) in [5.74, 6) is -1.35. The van der Waals surface area contributed by atoms with E-state index in [0.717, 1.165) is 28.8 Å². The Morgan fingerprint density at radius 2 is 1.79 bits per heavy atom. The standard InChI is InChI=1S/C21H24N4O3/c1-6-8-14-11-15(21(27)28)22-19-17(16-12(2)9-7-10-13(16)3)18(23-25(14)19)20(26)24(4)5/h7,9-11H,6,8H2,1-5H3,(H,27,28). The number of rotatable bonds is 5. The second-order valence-corrected chi connectivity index (χ2v) is 7.11. The van der Waals surface area contributed by atoms with E-state index in [4.69, 9.17) is 0 Å². The number of nitrogens with zero attached hydrogens (tertiary/aromatic N) is 4. The van der Waals surface area contributed by atoms with E-state index in [1.54, 1.807) is 18.6 Å². The molecule has 0 aliphatic carbocycles. The summed E-state index contributed by atoms with van der Waals surface area (Å²) in [5.41, 5.74) is 4.72. The van der Waals surface area contributed by atoms with E-state index in [1.165, 1.54) is 11.0 Å². The van der Waals surface area contributed by atoms with Crippen molar-refractivity contribution >= 4 is 17.5 Å². The van der Waals surface area contributed by atoms with Crippen molar-refractivity contribution in [2.75, 3.05) is 14.1 Å². The number of carboxylic acid groups (broad SMARTS) is 1. The highest BCUT2D eigenvalue weighted by Gasteiger charge is 2.27. The van der Waals surface area contributed by atoms with Gasteiger partial charge in [-0.3, -0.25) is 4.79 Å². The molecule has 0 fully saturated rings. The van der Waals surface area contributed by atoms with Gasteiger partial charge in [0, 0.05) is 19.8 Å². The first kappa shape index (κ1) is 19.5. The Morgan fingerprint density at radius 3 is 2.32 bits per heavy atom. The molecular formula is C21H24N4O3. The molecule has 3 rings (SSSR count). The largest absolute Gasteiger partial charge is 0.477 e. The predicted octanol–water partition coefficient (Wildman–Crippen LogP) is 3.37. The number of carbonyl (C=O) groups is 2. The third-order valence-electron chi connectivity index (χ3n) is 4.73. The number of benzene rings is 1. The van der Waals surface area contributed by atoms with Gasteiger partial charge < -0.3 is 10.0 Å². The molecule has 7 heteroatoms. The van der Waals surface area contributed by atoms with Crippen LogP contribution in [0.2, 0.25) is 0 Å². The zero-order chi connectivity index (χ0) is 20.6. The Balaban J connectivity index is 2.50. The SMILES string of the molecule is CCCc1cc(C(=O)O)nc2c(-c3c(C)cccc3C)c(C(=O)N(C)C)nn12. The van der Waals surface area contributed by atoms with E-state index in [1.807, 2.05) is 39.0 Å². The van der Waals surface area contributed by atoms with Gasteiger partial charge in [0.2, 0.25) is 0 Å². The lowest BCUT2D eigenvalue weighted by Crippen LogP contribution is -2.23. The van der Waals surface area contributed by atoms with Crippen molar-refractivity contribution in [3.8, 4) is 11.1 Å². The van der Waals surface area contributed by atoms with E-state index >= 15 is 0 Å². The van der Waals surface area contributed by atoms with Crippen LogP contribution in [0, 0.1) is 13.8 Å². The number of aryl methyl sites for hydroxylation is 3. The van der Waals surface area contributed by atoms with Gasteiger partial charge in [-0.15, -0.1) is 0 Å². The molecule has 0 spiro atoms. The average molecular weight is 380 g/mol. The molecule has 2 aromatic heterocycles. The highest BCUT2D eigenvalue weighted by molar-refractivity contribution is 6.04. The number of amides is 1. The maximum Gasteiger partial charge on any atom is 0.354 e. The van der Waals surface area contributed by atoms with Crippen molar-refractivity contribution in [1.29, 1.82) is 0 Å². The van der Waals surface area contributed by atoms with Gasteiger partial charge in [-0.25, -0.2) is 14.3 Å². The van der Waals surface area contributed by atoms with Crippen LogP contribution in [0.15, 0.2) is 24.3 Å². The van der Waals surface area contributed by atoms with Crippen LogP contribution in [-0.4, -0.2) is 50.6 Å². The molecule has 0 saturated heterocycles. The monoisotopic (exact) mass is 380 g/mol. The zero-order valence-electron chi connectivity index (χ0n) is 16.8. The topological polar surface area (TPSA) is 87.8 Å². The average Bonchev–Trinajstić information content (AvgIpc) is 3.00. The first-order valence-corrected chi connectivity index (χ1v) is 9.20. The first-order valence-electron chi connectivity index (χ1n) is 9.20. The van der Waals surface area contributed by atoms with Crippen LogP contribution in [0.1, 0.15) is 51.1 Å². The van der Waals surface area contributed by atoms with E-state index in [-0.39, 0.29) is 17.3 Å². The molecule has 0 unspecified atom stereocenters. The summed E-state index contributed by atoms with van der Waals surface area (Å²) in [6, 6.07) is 7.41. The highest BCUT2D eigenvalue weighted by atomic mass is 16.4. The van der Waals surface area contributed by atoms with Gasteiger partial charge in [0.15, 0.2) is 17.0 Å². The van der Waals surface area contributed by atoms with E-state index in [0.29, 0.717) is 17.6 Å². The highest BCUT2D eigenvalue weighted by Crippen LogP contribution is 2.34. The van der Waals surface area contributed by atoms with Gasteiger partial charge in [0.05, 0.1) is 5.56 Å². The fraction of sp³-hybridized carbons (Fsp3) is 0.333. The van der Waals surface area contributed by atoms with E-state index < -0.39 is 5.97 Å². The van der Waals surface area contributed by atoms with Crippen molar-refractivity contribution in [2.24, 2.45) is 0 Å². The second kappa shape index (κ2) is 7.42. The third-order valence-corrected chi connectivity index (χ3v) is 4.73. The molecule has 0 radical (unpaired) electrons. The fourth-order valence-electron chi connectivity index (χ4n) is 3.42. The third kappa shape index (κ3) is 3.24. The lowest BCUT2D eigenvalue weighted by Gasteiger charge is -2.13. The van der Waals surface area contributed by atoms with Crippen LogP contribution in [0.5, 0.6) is 0 Å². The van der Waals surface area contributed by atoms with Crippen molar-refractivity contribution in [3.05, 3.63) is 52.5 Å². The van der Waals surface area contributed by atoms with E-state index in [9.17, 15) is 14.7 Å². The molecule has 2 heterocycles. The summed E-state index contributed by atoms with van der Waals surface area (Å²) < 4.78 is 1.62. The molecule has 3 aromatic rings. The number of carbonyl (C=O) groups excluding carboxylic acids is 1. The van der Waals surface area contributed by atoms with Crippen molar-refractivity contribution in [3.63, 3.8) is 0 Å². The number of carboxylic acids is 1. The quantitative estimate of drug-likeness (QED) is 0.733. The van der Waals surface area contributed by atoms with Gasteiger partial charge in [-0.05, 0) is 43.0 Å². The Hall–Kier alpha value is -3.22. The second-order valence-electron chi connectivity index (χ2n) is 7.11. The van der Waals surface area contributed by atoms with Gasteiger partial charge >= 0.3 is 5.97 Å². The van der Waals surface area contributed by atoms with E-state index in [2.05, 4.69) is 10.1 Å². The number of hydrogen-bond acceptors (Lipinski definition) is 4. The molecule has 0 aliphatic heterocycles. The molecule has 28 heavy (non-hydrogen) atoms. The summed E-state index contributed by atoms with van der Waals surface area (Å²) in [4.78, 5) is 30.4. The zero-order valence-corrected chi connectivity index (χ0v) is 16.8.